The van der Waals surface area contributed by atoms with E-state index in [1.807, 2.05) is 0 Å². The number of carboxylic acid groups (broad SMARTS) is 3. The van der Waals surface area contributed by atoms with Crippen molar-refractivity contribution in [2.45, 2.75) is 206 Å². The van der Waals surface area contributed by atoms with Crippen LogP contribution in [-0.2, 0) is 152 Å². The number of Topliss-reactive ketones (excluding diaryl/α,β-unsaturated/α-hetero) is 3. The third-order valence-corrected chi connectivity index (χ3v) is 20.2. The minimum absolute atomic E-state index is 0.0263. The van der Waals surface area contributed by atoms with E-state index < -0.39 is 35.8 Å². The summed E-state index contributed by atoms with van der Waals surface area (Å²) in [6, 6.07) is -1.07. The van der Waals surface area contributed by atoms with Gasteiger partial charge in [0.05, 0.1) is 322 Å². The fraction of sp³-hybridized carbons (Fsp3) is 0.913. The Balaban J connectivity index is 1.81. The maximum Gasteiger partial charge on any atom is 0.306 e. The Morgan fingerprint density at radius 2 is 0.504 bits per heavy atom. The summed E-state index contributed by atoms with van der Waals surface area (Å²) in [6.07, 6.45) is 21.7. The monoisotopic (exact) mass is 1860 g/mol. The van der Waals surface area contributed by atoms with E-state index in [2.05, 4.69) is 10.6 Å². The minimum Gasteiger partial charge on any atom is -0.481 e. The first-order valence-corrected chi connectivity index (χ1v) is 47.9. The summed E-state index contributed by atoms with van der Waals surface area (Å²) in [6.45, 7) is 23.3. The summed E-state index contributed by atoms with van der Waals surface area (Å²) in [7, 11) is 0. The Morgan fingerprint density at radius 1 is 0.256 bits per heavy atom. The number of rotatable bonds is 109. The van der Waals surface area contributed by atoms with Crippen LogP contribution in [0.1, 0.15) is 200 Å². The molecule has 37 nitrogen and oxygen atoms in total. The van der Waals surface area contributed by atoms with Crippen LogP contribution < -0.4 is 10.6 Å². The molecule has 0 aromatic heterocycles. The Morgan fingerprint density at radius 3 is 0.760 bits per heavy atom. The molecule has 758 valence electrons. The number of carboxylic acids is 3. The van der Waals surface area contributed by atoms with Crippen molar-refractivity contribution in [2.75, 3.05) is 324 Å². The average Bonchev–Trinajstić information content (AvgIpc) is 0.865. The van der Waals surface area contributed by atoms with Crippen LogP contribution in [0.4, 0.5) is 0 Å². The molecule has 0 bridgehead atoms. The molecule has 5 N–H and O–H groups in total. The van der Waals surface area contributed by atoms with Crippen LogP contribution in [0.2, 0.25) is 0 Å². The maximum absolute atomic E-state index is 13.3. The molecule has 0 aliphatic heterocycles. The fourth-order valence-electron chi connectivity index (χ4n) is 12.8. The van der Waals surface area contributed by atoms with Crippen molar-refractivity contribution in [2.24, 2.45) is 17.8 Å². The number of hydrogen-bond acceptors (Lipinski definition) is 32. The largest absolute Gasteiger partial charge is 0.481 e. The number of hydrogen-bond donors (Lipinski definition) is 5. The molecule has 0 radical (unpaired) electrons. The smallest absolute Gasteiger partial charge is 0.306 e. The van der Waals surface area contributed by atoms with E-state index in [1.54, 1.807) is 6.92 Å². The molecule has 0 saturated heterocycles. The topological polar surface area (TPSA) is 443 Å². The van der Waals surface area contributed by atoms with E-state index in [0.29, 0.717) is 343 Å². The van der Waals surface area contributed by atoms with Gasteiger partial charge in [0.2, 0.25) is 11.8 Å². The van der Waals surface area contributed by atoms with Gasteiger partial charge in [0.1, 0.15) is 11.6 Å². The first kappa shape index (κ1) is 122. The van der Waals surface area contributed by atoms with E-state index in [9.17, 15) is 48.6 Å². The highest BCUT2D eigenvalue weighted by Gasteiger charge is 2.31. The van der Waals surface area contributed by atoms with Gasteiger partial charge >= 0.3 is 17.9 Å². The van der Waals surface area contributed by atoms with E-state index in [1.165, 1.54) is 64.2 Å². The maximum atomic E-state index is 13.3. The molecule has 0 spiro atoms. The van der Waals surface area contributed by atoms with Gasteiger partial charge in [-0.15, -0.1) is 0 Å². The van der Waals surface area contributed by atoms with Crippen molar-refractivity contribution in [1.82, 2.24) is 10.6 Å². The standard InChI is InChI=1S/C92H170N2O35/c1-81(95)30-32-107-34-36-109-38-40-111-42-44-113-46-48-115-50-52-117-54-56-119-58-60-121-62-64-123-66-68-125-70-72-127-74-76-129-78-77-128-75-73-126-71-69-124-67-65-122-63-61-120-59-57-118-55-53-116-51-49-114-47-45-112-43-41-110-39-37-108-35-33-106-31-18-19-86(96)85(27-29-91(102)103)94-89(99)28-26-84(92(104)105)79-87(97)83-24-22-82(23-25-83)80-93-88(98)20-16-14-12-10-8-6-4-2-3-5-7-9-11-13-15-17-21-90(100)101/h82-85H,2-80H2,1H3,(H,93,98)(H,94,99)(H,100,101)(H,102,103)(H,104,105)/t82-,83+,84-,85+/m1/s1. The molecule has 1 rings (SSSR count). The molecular formula is C92H170N2O35. The minimum atomic E-state index is -1.19. The Bertz CT molecular complexity index is 2510. The van der Waals surface area contributed by atoms with Gasteiger partial charge in [0, 0.05) is 64.0 Å². The van der Waals surface area contributed by atoms with Crippen LogP contribution >= 0.6 is 0 Å². The lowest BCUT2D eigenvalue weighted by atomic mass is 9.78. The van der Waals surface area contributed by atoms with Gasteiger partial charge < -0.3 is 140 Å². The number of unbranched alkanes of at least 4 members (excludes halogenated alkanes) is 15. The lowest BCUT2D eigenvalue weighted by molar-refractivity contribution is -0.145. The zero-order chi connectivity index (χ0) is 93.2. The molecule has 37 heteroatoms. The number of aliphatic carboxylic acids is 3. The lowest BCUT2D eigenvalue weighted by Crippen LogP contribution is -2.41. The number of carbonyl (C=O) groups is 8. The van der Waals surface area contributed by atoms with Gasteiger partial charge in [0.25, 0.3) is 0 Å². The van der Waals surface area contributed by atoms with E-state index in [-0.39, 0.29) is 93.3 Å². The summed E-state index contributed by atoms with van der Waals surface area (Å²) in [5, 5.41) is 33.7. The molecule has 1 saturated carbocycles. The predicted molar refractivity (Wildman–Crippen MR) is 477 cm³/mol. The molecule has 0 heterocycles. The third kappa shape index (κ3) is 93.6. The van der Waals surface area contributed by atoms with E-state index in [4.69, 9.17) is 119 Å². The highest BCUT2D eigenvalue weighted by atomic mass is 16.6. The van der Waals surface area contributed by atoms with Gasteiger partial charge in [-0.3, -0.25) is 38.4 Å². The molecule has 1 aliphatic carbocycles. The zero-order valence-corrected chi connectivity index (χ0v) is 78.6. The first-order chi connectivity index (χ1) is 63.3. The van der Waals surface area contributed by atoms with Gasteiger partial charge in [-0.1, -0.05) is 89.9 Å². The van der Waals surface area contributed by atoms with Gasteiger partial charge in [-0.05, 0) is 70.6 Å². The second-order valence-electron chi connectivity index (χ2n) is 31.1. The van der Waals surface area contributed by atoms with Crippen molar-refractivity contribution in [3.8, 4) is 0 Å². The third-order valence-electron chi connectivity index (χ3n) is 20.2. The summed E-state index contributed by atoms with van der Waals surface area (Å²) in [5.41, 5.74) is 0. The Labute approximate surface area is 768 Å². The summed E-state index contributed by atoms with van der Waals surface area (Å²) in [4.78, 5) is 97.2. The van der Waals surface area contributed by atoms with Crippen molar-refractivity contribution in [3.05, 3.63) is 0 Å². The van der Waals surface area contributed by atoms with E-state index in [0.717, 1.165) is 51.4 Å². The highest BCUT2D eigenvalue weighted by molar-refractivity contribution is 5.90. The Kier molecular flexibility index (Phi) is 94.3. The van der Waals surface area contributed by atoms with Crippen LogP contribution in [0, 0.1) is 17.8 Å². The summed E-state index contributed by atoms with van der Waals surface area (Å²) >= 11 is 0. The predicted octanol–water partition coefficient (Wildman–Crippen LogP) is 8.53. The normalized spacial score (nSPS) is 13.9. The molecule has 2 atom stereocenters. The number of amides is 2. The number of carbonyl (C=O) groups excluding carboxylic acids is 5. The molecule has 2 amide bonds. The lowest BCUT2D eigenvalue weighted by Gasteiger charge is -2.28. The second kappa shape index (κ2) is 99.4. The fourth-order valence-corrected chi connectivity index (χ4v) is 12.8. The average molecular weight is 1860 g/mol. The second-order valence-corrected chi connectivity index (χ2v) is 31.1. The molecule has 129 heavy (non-hydrogen) atoms. The van der Waals surface area contributed by atoms with Crippen molar-refractivity contribution in [1.29, 1.82) is 0 Å². The Hall–Kier alpha value is -4.60. The van der Waals surface area contributed by atoms with Crippen LogP contribution in [-0.4, -0.2) is 392 Å². The van der Waals surface area contributed by atoms with Crippen LogP contribution in [0.25, 0.3) is 0 Å². The van der Waals surface area contributed by atoms with Crippen LogP contribution in [0.3, 0.4) is 0 Å². The molecule has 1 aliphatic rings. The summed E-state index contributed by atoms with van der Waals surface area (Å²) < 4.78 is 132. The molecular weight excluding hydrogens is 1690 g/mol. The van der Waals surface area contributed by atoms with Crippen LogP contribution in [0.15, 0.2) is 0 Å². The van der Waals surface area contributed by atoms with Gasteiger partial charge in [-0.2, -0.15) is 0 Å². The molecule has 1 fully saturated rings. The SMILES string of the molecule is CC(=O)CCOCCOCCOCCOCCOCCOCCOCCOCCOCCOCCOCCOCCOCCOCCOCCOCCOCCOCCOCCOCCOCCOCCOCCOCCCC(=O)[C@H](CCC(=O)O)NC(=O)CC[C@H](CC(=O)[C@H]1CC[C@@H](CNC(=O)CCCCCCCCCCCCCCCCCCC(=O)O)CC1)C(=O)O. The van der Waals surface area contributed by atoms with Crippen molar-refractivity contribution >= 4 is 47.1 Å². The van der Waals surface area contributed by atoms with Crippen molar-refractivity contribution < 1.29 is 167 Å². The number of ketones is 3. The first-order valence-electron chi connectivity index (χ1n) is 47.9. The molecule has 0 aromatic carbocycles. The number of ether oxygens (including phenoxy) is 24. The van der Waals surface area contributed by atoms with E-state index >= 15 is 0 Å². The van der Waals surface area contributed by atoms with Crippen LogP contribution in [0.5, 0.6) is 0 Å². The van der Waals surface area contributed by atoms with Crippen molar-refractivity contribution in [3.63, 3.8) is 0 Å². The molecule has 0 unspecified atom stereocenters. The molecule has 0 aromatic rings. The summed E-state index contributed by atoms with van der Waals surface area (Å²) in [5.74, 6) is -5.08. The van der Waals surface area contributed by atoms with Gasteiger partial charge in [0.15, 0.2) is 5.78 Å². The highest BCUT2D eigenvalue weighted by Crippen LogP contribution is 2.31. The van der Waals surface area contributed by atoms with Gasteiger partial charge in [-0.25, -0.2) is 0 Å². The number of nitrogens with one attached hydrogen (secondary N) is 2. The quantitative estimate of drug-likeness (QED) is 0.0356. The zero-order valence-electron chi connectivity index (χ0n) is 78.6.